The van der Waals surface area contributed by atoms with Gasteiger partial charge in [0.2, 0.25) is 25.9 Å². The highest BCUT2D eigenvalue weighted by Crippen LogP contribution is 2.43. The van der Waals surface area contributed by atoms with E-state index in [9.17, 15) is 23.4 Å². The highest BCUT2D eigenvalue weighted by Gasteiger charge is 2.39. The second kappa shape index (κ2) is 20.1. The van der Waals surface area contributed by atoms with E-state index < -0.39 is 55.1 Å². The molecular weight excluding hydrogens is 899 g/mol. The van der Waals surface area contributed by atoms with Gasteiger partial charge in [0, 0.05) is 31.7 Å². The van der Waals surface area contributed by atoms with Gasteiger partial charge in [-0.15, -0.1) is 21.5 Å². The van der Waals surface area contributed by atoms with E-state index in [1.165, 1.54) is 36.4 Å². The number of nitrogens with two attached hydrogens (primary N) is 1. The third-order valence-electron chi connectivity index (χ3n) is 10.2. The summed E-state index contributed by atoms with van der Waals surface area (Å²) in [5.41, 5.74) is 8.71. The Kier molecular flexibility index (Phi) is 14.4. The molecule has 2 aromatic heterocycles. The fourth-order valence-corrected chi connectivity index (χ4v) is 11.5. The van der Waals surface area contributed by atoms with Crippen molar-refractivity contribution in [2.75, 3.05) is 34.5 Å². The summed E-state index contributed by atoms with van der Waals surface area (Å²) in [6, 6.07) is 27.1. The molecule has 7 aromatic rings. The first-order valence-corrected chi connectivity index (χ1v) is 23.5. The molecule has 2 heterocycles. The van der Waals surface area contributed by atoms with Crippen LogP contribution < -0.4 is 30.0 Å². The SMILES string of the molecule is COc1ccc(CN(Cc2ccc(OC)cc2)S(=O)(=O)c2c(S(=O)(=O)NC(CO)CNC(=O)O)ccc(-c3cccc4sc(CN)nc34)c2-c2nnn(Cc3ccc(OC)cc3)n2)cc1. The quantitative estimate of drug-likeness (QED) is 0.0707. The number of thiazole rings is 1. The molecule has 1 amide bonds. The Morgan fingerprint density at radius 1 is 0.815 bits per heavy atom. The van der Waals surface area contributed by atoms with E-state index in [-0.39, 0.29) is 43.1 Å². The molecule has 1 unspecified atom stereocenters. The van der Waals surface area contributed by atoms with Gasteiger partial charge < -0.3 is 35.5 Å². The number of hydrogen-bond acceptors (Lipinski definition) is 15. The van der Waals surface area contributed by atoms with Crippen molar-refractivity contribution in [2.24, 2.45) is 5.73 Å². The minimum absolute atomic E-state index is 0.0886. The number of aliphatic hydroxyl groups excluding tert-OH is 1. The van der Waals surface area contributed by atoms with Gasteiger partial charge in [-0.2, -0.15) is 9.10 Å². The normalized spacial score (nSPS) is 12.3. The molecule has 5 aromatic carbocycles. The number of nitrogens with one attached hydrogen (secondary N) is 2. The van der Waals surface area contributed by atoms with Crippen molar-refractivity contribution in [3.8, 4) is 39.8 Å². The summed E-state index contributed by atoms with van der Waals surface area (Å²) in [5.74, 6) is 1.44. The minimum atomic E-state index is -5.02. The number of ether oxygens (including phenoxy) is 3. The fraction of sp³-hybridized carbons (Fsp3) is 0.233. The number of aliphatic hydroxyl groups is 1. The predicted molar refractivity (Wildman–Crippen MR) is 241 cm³/mol. The standard InChI is InChI=1S/C43H45N9O10S3/c1-60-31-13-7-27(8-14-31)23-51(24-28-9-15-32(61-2)16-10-28)65(58,59)41-37(64(56,57)49-30(26-53)22-45-43(54)55)20-19-34(35-5-4-6-36-40(35)46-38(21-44)63-36)39(41)42-47-50-52(48-42)25-29-11-17-33(62-3)18-12-29/h4-20,30,45,49,53H,21-26,44H2,1-3H3,(H,54,55). The first-order valence-electron chi connectivity index (χ1n) is 19.8. The second-order valence-corrected chi connectivity index (χ2v) is 19.1. The number of sulfonamides is 2. The zero-order valence-electron chi connectivity index (χ0n) is 35.3. The number of benzene rings is 5. The molecule has 1 atom stereocenters. The summed E-state index contributed by atoms with van der Waals surface area (Å²) >= 11 is 1.35. The van der Waals surface area contributed by atoms with Gasteiger partial charge in [0.25, 0.3) is 0 Å². The van der Waals surface area contributed by atoms with Crippen molar-refractivity contribution in [1.29, 1.82) is 0 Å². The highest BCUT2D eigenvalue weighted by molar-refractivity contribution is 7.92. The van der Waals surface area contributed by atoms with Gasteiger partial charge in [-0.25, -0.2) is 31.3 Å². The molecule has 0 saturated heterocycles. The third kappa shape index (κ3) is 10.5. The van der Waals surface area contributed by atoms with Crippen LogP contribution in [-0.2, 0) is 46.2 Å². The van der Waals surface area contributed by atoms with E-state index in [0.717, 1.165) is 20.6 Å². The fourth-order valence-electron chi connectivity index (χ4n) is 6.94. The lowest BCUT2D eigenvalue weighted by Gasteiger charge is -2.27. The Morgan fingerprint density at radius 2 is 1.40 bits per heavy atom. The Labute approximate surface area is 378 Å². The molecule has 65 heavy (non-hydrogen) atoms. The van der Waals surface area contributed by atoms with Crippen LogP contribution in [0.4, 0.5) is 4.79 Å². The Morgan fingerprint density at radius 3 is 1.94 bits per heavy atom. The number of para-hydroxylation sites is 1. The van der Waals surface area contributed by atoms with Crippen molar-refractivity contribution < 1.29 is 46.1 Å². The van der Waals surface area contributed by atoms with Crippen LogP contribution in [0, 0.1) is 0 Å². The number of nitrogens with zero attached hydrogens (tertiary/aromatic N) is 6. The molecular formula is C43H45N9O10S3. The van der Waals surface area contributed by atoms with Crippen LogP contribution in [-0.4, -0.2) is 103 Å². The number of carboxylic acid groups (broad SMARTS) is 1. The van der Waals surface area contributed by atoms with E-state index in [2.05, 4.69) is 25.4 Å². The molecule has 0 radical (unpaired) electrons. The summed E-state index contributed by atoms with van der Waals surface area (Å²) < 4.78 is 81.7. The van der Waals surface area contributed by atoms with Gasteiger partial charge in [0.05, 0.1) is 56.3 Å². The van der Waals surface area contributed by atoms with Crippen molar-refractivity contribution in [3.05, 3.63) is 125 Å². The van der Waals surface area contributed by atoms with Gasteiger partial charge in [0.1, 0.15) is 32.0 Å². The lowest BCUT2D eigenvalue weighted by Crippen LogP contribution is -2.46. The number of hydrogen-bond donors (Lipinski definition) is 5. The predicted octanol–water partition coefficient (Wildman–Crippen LogP) is 4.45. The largest absolute Gasteiger partial charge is 0.497 e. The third-order valence-corrected chi connectivity index (χ3v) is 14.8. The molecule has 0 spiro atoms. The minimum Gasteiger partial charge on any atom is -0.497 e. The lowest BCUT2D eigenvalue weighted by molar-refractivity contribution is 0.190. The molecule has 0 fully saturated rings. The maximum atomic E-state index is 16.0. The average molecular weight is 944 g/mol. The molecule has 0 saturated carbocycles. The summed E-state index contributed by atoms with van der Waals surface area (Å²) in [5, 5.41) is 35.5. The van der Waals surface area contributed by atoms with Crippen LogP contribution in [0.1, 0.15) is 21.7 Å². The number of aromatic nitrogens is 5. The molecule has 22 heteroatoms. The van der Waals surface area contributed by atoms with Crippen LogP contribution in [0.15, 0.2) is 113 Å². The van der Waals surface area contributed by atoms with Gasteiger partial charge in [-0.05, 0) is 76.0 Å². The number of fused-ring (bicyclic) bond motifs is 1. The van der Waals surface area contributed by atoms with E-state index in [1.807, 2.05) is 6.07 Å². The second-order valence-electron chi connectivity index (χ2n) is 14.4. The van der Waals surface area contributed by atoms with Crippen LogP contribution in [0.2, 0.25) is 0 Å². The molecule has 340 valence electrons. The van der Waals surface area contributed by atoms with Crippen molar-refractivity contribution in [1.82, 2.24) is 39.5 Å². The van der Waals surface area contributed by atoms with E-state index >= 15 is 8.42 Å². The Balaban J connectivity index is 1.52. The topological polar surface area (TPSA) is 263 Å². The number of methoxy groups -OCH3 is 3. The maximum Gasteiger partial charge on any atom is 0.404 e. The monoisotopic (exact) mass is 943 g/mol. The smallest absolute Gasteiger partial charge is 0.404 e. The van der Waals surface area contributed by atoms with Crippen molar-refractivity contribution >= 4 is 47.7 Å². The molecule has 0 aliphatic carbocycles. The van der Waals surface area contributed by atoms with Crippen LogP contribution in [0.5, 0.6) is 17.2 Å². The molecule has 7 rings (SSSR count). The Bertz CT molecular complexity index is 2950. The summed E-state index contributed by atoms with van der Waals surface area (Å²) in [4.78, 5) is 16.0. The number of carbonyl (C=O) groups is 1. The first kappa shape index (κ1) is 46.5. The Hall–Kier alpha value is -6.53. The summed E-state index contributed by atoms with van der Waals surface area (Å²) in [7, 11) is -5.43. The van der Waals surface area contributed by atoms with Gasteiger partial charge in [0.15, 0.2) is 0 Å². The van der Waals surface area contributed by atoms with E-state index in [1.54, 1.807) is 92.0 Å². The first-order chi connectivity index (χ1) is 31.3. The maximum absolute atomic E-state index is 16.0. The van der Waals surface area contributed by atoms with E-state index in [4.69, 9.17) is 24.9 Å². The van der Waals surface area contributed by atoms with E-state index in [0.29, 0.717) is 44.5 Å². The summed E-state index contributed by atoms with van der Waals surface area (Å²) in [6.07, 6.45) is -1.47. The molecule has 6 N–H and O–H groups in total. The average Bonchev–Trinajstić information content (AvgIpc) is 3.97. The number of tetrazole rings is 1. The zero-order valence-corrected chi connectivity index (χ0v) is 37.7. The number of amides is 1. The van der Waals surface area contributed by atoms with Gasteiger partial charge >= 0.3 is 6.09 Å². The number of rotatable bonds is 20. The van der Waals surface area contributed by atoms with Crippen LogP contribution in [0.3, 0.4) is 0 Å². The highest BCUT2D eigenvalue weighted by atomic mass is 32.2. The molecule has 0 aliphatic heterocycles. The summed E-state index contributed by atoms with van der Waals surface area (Å²) in [6.45, 7) is -1.68. The molecule has 19 nitrogen and oxygen atoms in total. The van der Waals surface area contributed by atoms with Crippen molar-refractivity contribution in [2.45, 2.75) is 42.0 Å². The van der Waals surface area contributed by atoms with Crippen molar-refractivity contribution in [3.63, 3.8) is 0 Å². The molecule has 0 aliphatic rings. The molecule has 0 bridgehead atoms. The van der Waals surface area contributed by atoms with Gasteiger partial charge in [-0.1, -0.05) is 54.6 Å². The van der Waals surface area contributed by atoms with Gasteiger partial charge in [-0.3, -0.25) is 0 Å². The van der Waals surface area contributed by atoms with Crippen LogP contribution >= 0.6 is 11.3 Å². The lowest BCUT2D eigenvalue weighted by atomic mass is 9.98. The van der Waals surface area contributed by atoms with Crippen LogP contribution in [0.25, 0.3) is 32.7 Å². The zero-order chi connectivity index (χ0) is 46.3.